The molecule has 0 saturated carbocycles. The number of aromatic nitrogens is 2. The van der Waals surface area contributed by atoms with Crippen molar-refractivity contribution in [1.29, 1.82) is 0 Å². The van der Waals surface area contributed by atoms with E-state index in [1.807, 2.05) is 0 Å². The number of hydrogen-bond acceptors (Lipinski definition) is 6. The fourth-order valence-corrected chi connectivity index (χ4v) is 2.66. The summed E-state index contributed by atoms with van der Waals surface area (Å²) in [6, 6.07) is 0. The van der Waals surface area contributed by atoms with E-state index in [-0.39, 0.29) is 18.8 Å². The molecule has 0 spiro atoms. The van der Waals surface area contributed by atoms with Gasteiger partial charge in [0.2, 0.25) is 0 Å². The second kappa shape index (κ2) is 5.35. The molecule has 0 bridgehead atoms. The Kier molecular flexibility index (Phi) is 4.36. The number of sulfone groups is 1. The zero-order valence-corrected chi connectivity index (χ0v) is 10.7. The molecule has 16 heavy (non-hydrogen) atoms. The van der Waals surface area contributed by atoms with Crippen molar-refractivity contribution in [3.63, 3.8) is 0 Å². The number of nitrogens with zero attached hydrogens (tertiary/aromatic N) is 2. The number of carbonyl (C=O) groups is 1. The van der Waals surface area contributed by atoms with Crippen LogP contribution in [0.25, 0.3) is 0 Å². The molecule has 0 fully saturated rings. The van der Waals surface area contributed by atoms with Gasteiger partial charge in [-0.05, 0) is 15.9 Å². The van der Waals surface area contributed by atoms with Crippen LogP contribution in [0.2, 0.25) is 0 Å². The van der Waals surface area contributed by atoms with Gasteiger partial charge in [0.1, 0.15) is 18.2 Å². The fraction of sp³-hybridized carbons (Fsp3) is 0.375. The van der Waals surface area contributed by atoms with Gasteiger partial charge in [-0.15, -0.1) is 0 Å². The van der Waals surface area contributed by atoms with E-state index in [0.29, 0.717) is 4.47 Å². The van der Waals surface area contributed by atoms with Crippen LogP contribution >= 0.6 is 15.9 Å². The van der Waals surface area contributed by atoms with Gasteiger partial charge in [-0.2, -0.15) is 0 Å². The molecule has 0 aliphatic rings. The smallest absolute Gasteiger partial charge is 0.293 e. The minimum atomic E-state index is -3.42. The molecule has 0 radical (unpaired) electrons. The van der Waals surface area contributed by atoms with E-state index in [0.717, 1.165) is 6.26 Å². The lowest BCUT2D eigenvalue weighted by Gasteiger charge is -2.14. The Morgan fingerprint density at radius 1 is 1.62 bits per heavy atom. The quantitative estimate of drug-likeness (QED) is 0.736. The third kappa shape index (κ3) is 3.24. The van der Waals surface area contributed by atoms with Crippen LogP contribution in [0.1, 0.15) is 10.9 Å². The van der Waals surface area contributed by atoms with Crippen molar-refractivity contribution in [3.8, 4) is 0 Å². The van der Waals surface area contributed by atoms with Crippen LogP contribution in [-0.4, -0.2) is 37.7 Å². The summed E-state index contributed by atoms with van der Waals surface area (Å²) < 4.78 is 28.0. The molecule has 0 aromatic carbocycles. The first-order valence-corrected chi connectivity index (χ1v) is 6.91. The molecule has 1 unspecified atom stereocenters. The highest BCUT2D eigenvalue weighted by Crippen LogP contribution is 2.26. The van der Waals surface area contributed by atoms with Crippen LogP contribution in [-0.2, 0) is 19.4 Å². The van der Waals surface area contributed by atoms with Crippen LogP contribution in [0.4, 0.5) is 0 Å². The molecular formula is C8H9BrN2O4S. The van der Waals surface area contributed by atoms with Gasteiger partial charge in [0.05, 0.1) is 10.2 Å². The van der Waals surface area contributed by atoms with Gasteiger partial charge in [-0.1, -0.05) is 0 Å². The number of rotatable bonds is 5. The average molecular weight is 309 g/mol. The molecule has 0 amide bonds. The number of halogens is 1. The zero-order valence-electron chi connectivity index (χ0n) is 8.33. The zero-order chi connectivity index (χ0) is 12.2. The van der Waals surface area contributed by atoms with Crippen molar-refractivity contribution >= 4 is 32.2 Å². The maximum Gasteiger partial charge on any atom is 0.293 e. The predicted octanol–water partition coefficient (Wildman–Crippen LogP) is 0.498. The lowest BCUT2D eigenvalue weighted by atomic mass is 10.3. The van der Waals surface area contributed by atoms with Gasteiger partial charge in [-0.25, -0.2) is 18.4 Å². The van der Waals surface area contributed by atoms with Crippen molar-refractivity contribution in [2.45, 2.75) is 5.25 Å². The van der Waals surface area contributed by atoms with Crippen LogP contribution in [0, 0.1) is 0 Å². The molecular weight excluding hydrogens is 300 g/mol. The molecule has 8 heteroatoms. The molecule has 0 aliphatic heterocycles. The van der Waals surface area contributed by atoms with Crippen molar-refractivity contribution in [2.75, 3.05) is 12.9 Å². The summed E-state index contributed by atoms with van der Waals surface area (Å²) >= 11 is 3.15. The summed E-state index contributed by atoms with van der Waals surface area (Å²) in [7, 11) is -3.42. The van der Waals surface area contributed by atoms with E-state index in [2.05, 4.69) is 30.6 Å². The SMILES string of the molecule is CS(=O)(=O)C(COC=O)c1ncncc1Br. The van der Waals surface area contributed by atoms with Crippen molar-refractivity contribution in [2.24, 2.45) is 0 Å². The minimum absolute atomic E-state index is 0.202. The Morgan fingerprint density at radius 3 is 2.81 bits per heavy atom. The molecule has 1 rings (SSSR count). The maximum atomic E-state index is 11.5. The van der Waals surface area contributed by atoms with E-state index >= 15 is 0 Å². The van der Waals surface area contributed by atoms with E-state index < -0.39 is 15.1 Å². The Hall–Kier alpha value is -1.02. The Morgan fingerprint density at radius 2 is 2.31 bits per heavy atom. The Bertz CT molecular complexity index is 477. The number of ether oxygens (including phenoxy) is 1. The normalized spacial score (nSPS) is 13.1. The van der Waals surface area contributed by atoms with E-state index in [4.69, 9.17) is 0 Å². The highest BCUT2D eigenvalue weighted by molar-refractivity contribution is 9.10. The monoisotopic (exact) mass is 308 g/mol. The second-order valence-electron chi connectivity index (χ2n) is 3.00. The first-order chi connectivity index (χ1) is 7.46. The van der Waals surface area contributed by atoms with Gasteiger partial charge in [-0.3, -0.25) is 4.79 Å². The van der Waals surface area contributed by atoms with Gasteiger partial charge in [0.15, 0.2) is 9.84 Å². The third-order valence-corrected chi connectivity index (χ3v) is 3.84. The first kappa shape index (κ1) is 13.0. The van der Waals surface area contributed by atoms with Gasteiger partial charge in [0, 0.05) is 12.5 Å². The molecule has 1 heterocycles. The van der Waals surface area contributed by atoms with Crippen molar-refractivity contribution < 1.29 is 17.9 Å². The molecule has 1 aromatic rings. The average Bonchev–Trinajstić information content (AvgIpc) is 2.19. The van der Waals surface area contributed by atoms with E-state index in [1.165, 1.54) is 12.5 Å². The summed E-state index contributed by atoms with van der Waals surface area (Å²) in [5.74, 6) is 0. The first-order valence-electron chi connectivity index (χ1n) is 4.16. The molecule has 0 N–H and O–H groups in total. The minimum Gasteiger partial charge on any atom is -0.466 e. The molecule has 88 valence electrons. The summed E-state index contributed by atoms with van der Waals surface area (Å²) in [5.41, 5.74) is 0.277. The Labute approximate surface area is 101 Å². The van der Waals surface area contributed by atoms with E-state index in [1.54, 1.807) is 0 Å². The molecule has 0 aliphatic carbocycles. The highest BCUT2D eigenvalue weighted by Gasteiger charge is 2.27. The van der Waals surface area contributed by atoms with Gasteiger partial charge >= 0.3 is 0 Å². The fourth-order valence-electron chi connectivity index (χ4n) is 1.09. The molecule has 1 aromatic heterocycles. The van der Waals surface area contributed by atoms with Crippen LogP contribution in [0.3, 0.4) is 0 Å². The predicted molar refractivity (Wildman–Crippen MR) is 59.3 cm³/mol. The largest absolute Gasteiger partial charge is 0.466 e. The lowest BCUT2D eigenvalue weighted by molar-refractivity contribution is -0.128. The van der Waals surface area contributed by atoms with Crippen LogP contribution < -0.4 is 0 Å². The summed E-state index contributed by atoms with van der Waals surface area (Å²) in [5, 5.41) is -0.991. The number of hydrogen-bond donors (Lipinski definition) is 0. The second-order valence-corrected chi connectivity index (χ2v) is 6.09. The van der Waals surface area contributed by atoms with Gasteiger partial charge < -0.3 is 4.74 Å². The summed E-state index contributed by atoms with van der Waals surface area (Å²) in [6.07, 6.45) is 3.72. The topological polar surface area (TPSA) is 86.2 Å². The third-order valence-electron chi connectivity index (χ3n) is 1.83. The number of carbonyl (C=O) groups excluding carboxylic acids is 1. The highest BCUT2D eigenvalue weighted by atomic mass is 79.9. The maximum absolute atomic E-state index is 11.5. The molecule has 6 nitrogen and oxygen atoms in total. The molecule has 1 atom stereocenters. The van der Waals surface area contributed by atoms with Gasteiger partial charge in [0.25, 0.3) is 6.47 Å². The lowest BCUT2D eigenvalue weighted by Crippen LogP contribution is -2.19. The Balaban J connectivity index is 3.11. The summed E-state index contributed by atoms with van der Waals surface area (Å²) in [6.45, 7) is -0.0643. The van der Waals surface area contributed by atoms with Crippen molar-refractivity contribution in [1.82, 2.24) is 9.97 Å². The standard InChI is InChI=1S/C8H9BrN2O4S/c1-16(13,14)7(3-15-5-12)8-6(9)2-10-4-11-8/h2,4-5,7H,3H2,1H3. The molecule has 0 saturated heterocycles. The van der Waals surface area contributed by atoms with Crippen molar-refractivity contribution in [3.05, 3.63) is 22.7 Å². The summed E-state index contributed by atoms with van der Waals surface area (Å²) in [4.78, 5) is 17.7. The van der Waals surface area contributed by atoms with Crippen LogP contribution in [0.5, 0.6) is 0 Å². The van der Waals surface area contributed by atoms with E-state index in [9.17, 15) is 13.2 Å². The van der Waals surface area contributed by atoms with Crippen LogP contribution in [0.15, 0.2) is 17.0 Å².